The molecule has 3 nitrogen and oxygen atoms in total. The number of aromatic amines is 1. The van der Waals surface area contributed by atoms with Crippen LogP contribution in [0.2, 0.25) is 0 Å². The molecule has 1 aliphatic heterocycles. The fraction of sp³-hybridized carbons (Fsp3) is 0.467. The molecule has 1 atom stereocenters. The number of benzene rings is 1. The van der Waals surface area contributed by atoms with Crippen LogP contribution in [-0.2, 0) is 12.8 Å². The predicted octanol–water partition coefficient (Wildman–Crippen LogP) is 2.60. The standard InChI is InChI=1S/C15H20N2O/c1-4-10-5-6-13-14-11(8-16-13)7-12(17(2)3)9-18-15(10)14/h5-6,8,12,16H,4,7,9H2,1-3H3. The summed E-state index contributed by atoms with van der Waals surface area (Å²) in [6.07, 6.45) is 4.20. The number of aryl methyl sites for hydroxylation is 1. The van der Waals surface area contributed by atoms with E-state index in [2.05, 4.69) is 49.2 Å². The van der Waals surface area contributed by atoms with Gasteiger partial charge >= 0.3 is 0 Å². The maximum atomic E-state index is 6.11. The minimum atomic E-state index is 0.445. The van der Waals surface area contributed by atoms with Crippen molar-refractivity contribution in [2.45, 2.75) is 25.8 Å². The molecule has 1 N–H and O–H groups in total. The highest BCUT2D eigenvalue weighted by Crippen LogP contribution is 2.35. The lowest BCUT2D eigenvalue weighted by molar-refractivity contribution is 0.189. The number of H-pyrrole nitrogens is 1. The van der Waals surface area contributed by atoms with E-state index in [1.165, 1.54) is 22.0 Å². The number of likely N-dealkylation sites (N-methyl/N-ethyl adjacent to an activating group) is 1. The Balaban J connectivity index is 2.16. The molecule has 96 valence electrons. The van der Waals surface area contributed by atoms with Crippen molar-refractivity contribution in [2.75, 3.05) is 20.7 Å². The van der Waals surface area contributed by atoms with Crippen LogP contribution >= 0.6 is 0 Å². The molecular formula is C15H20N2O. The maximum Gasteiger partial charge on any atom is 0.132 e. The summed E-state index contributed by atoms with van der Waals surface area (Å²) in [6.45, 7) is 2.95. The Bertz CT molecular complexity index is 571. The summed E-state index contributed by atoms with van der Waals surface area (Å²) >= 11 is 0. The second kappa shape index (κ2) is 4.32. The first-order chi connectivity index (χ1) is 8.70. The molecule has 1 unspecified atom stereocenters. The first-order valence-corrected chi connectivity index (χ1v) is 6.61. The number of nitrogens with one attached hydrogen (secondary N) is 1. The molecule has 0 spiro atoms. The van der Waals surface area contributed by atoms with E-state index >= 15 is 0 Å². The monoisotopic (exact) mass is 244 g/mol. The van der Waals surface area contributed by atoms with Gasteiger partial charge in [0.2, 0.25) is 0 Å². The average molecular weight is 244 g/mol. The number of hydrogen-bond donors (Lipinski definition) is 1. The van der Waals surface area contributed by atoms with Gasteiger partial charge in [-0.3, -0.25) is 0 Å². The Labute approximate surface area is 108 Å². The molecule has 0 saturated heterocycles. The molecule has 0 aliphatic carbocycles. The summed E-state index contributed by atoms with van der Waals surface area (Å²) in [7, 11) is 4.24. The summed E-state index contributed by atoms with van der Waals surface area (Å²) in [5.74, 6) is 1.09. The van der Waals surface area contributed by atoms with Crippen LogP contribution in [0.1, 0.15) is 18.1 Å². The highest BCUT2D eigenvalue weighted by Gasteiger charge is 2.23. The first-order valence-electron chi connectivity index (χ1n) is 6.61. The third-order valence-electron chi connectivity index (χ3n) is 3.95. The van der Waals surface area contributed by atoms with E-state index in [4.69, 9.17) is 4.74 Å². The van der Waals surface area contributed by atoms with Crippen LogP contribution in [-0.4, -0.2) is 36.6 Å². The smallest absolute Gasteiger partial charge is 0.132 e. The second-order valence-electron chi connectivity index (χ2n) is 5.28. The Morgan fingerprint density at radius 2 is 2.22 bits per heavy atom. The van der Waals surface area contributed by atoms with Gasteiger partial charge in [-0.05, 0) is 44.1 Å². The van der Waals surface area contributed by atoms with E-state index in [1.54, 1.807) is 0 Å². The number of ether oxygens (including phenoxy) is 1. The van der Waals surface area contributed by atoms with Crippen LogP contribution < -0.4 is 4.74 Å². The molecule has 1 aromatic heterocycles. The van der Waals surface area contributed by atoms with Gasteiger partial charge < -0.3 is 14.6 Å². The van der Waals surface area contributed by atoms with Crippen molar-refractivity contribution >= 4 is 10.9 Å². The Morgan fingerprint density at radius 1 is 1.39 bits per heavy atom. The van der Waals surface area contributed by atoms with Crippen molar-refractivity contribution in [3.63, 3.8) is 0 Å². The van der Waals surface area contributed by atoms with E-state index in [0.29, 0.717) is 6.04 Å². The lowest BCUT2D eigenvalue weighted by Gasteiger charge is -2.22. The summed E-state index contributed by atoms with van der Waals surface area (Å²) < 4.78 is 6.11. The largest absolute Gasteiger partial charge is 0.491 e. The van der Waals surface area contributed by atoms with Crippen LogP contribution in [0.3, 0.4) is 0 Å². The van der Waals surface area contributed by atoms with Gasteiger partial charge in [-0.1, -0.05) is 13.0 Å². The zero-order chi connectivity index (χ0) is 12.7. The minimum Gasteiger partial charge on any atom is -0.491 e. The summed E-state index contributed by atoms with van der Waals surface area (Å²) in [6, 6.07) is 4.79. The lowest BCUT2D eigenvalue weighted by Crippen LogP contribution is -2.34. The van der Waals surface area contributed by atoms with E-state index < -0.39 is 0 Å². The Hall–Kier alpha value is -1.48. The van der Waals surface area contributed by atoms with Gasteiger partial charge in [0.25, 0.3) is 0 Å². The number of hydrogen-bond acceptors (Lipinski definition) is 2. The van der Waals surface area contributed by atoms with Crippen LogP contribution in [0.25, 0.3) is 10.9 Å². The fourth-order valence-electron chi connectivity index (χ4n) is 2.73. The van der Waals surface area contributed by atoms with Crippen molar-refractivity contribution < 1.29 is 4.74 Å². The SMILES string of the molecule is CCc1ccc2[nH]cc3c2c1OCC(N(C)C)C3. The number of nitrogens with zero attached hydrogens (tertiary/aromatic N) is 1. The zero-order valence-corrected chi connectivity index (χ0v) is 11.3. The van der Waals surface area contributed by atoms with Crippen molar-refractivity contribution in [3.05, 3.63) is 29.5 Å². The quantitative estimate of drug-likeness (QED) is 0.879. The molecule has 0 bridgehead atoms. The Kier molecular flexibility index (Phi) is 2.78. The molecule has 3 heteroatoms. The topological polar surface area (TPSA) is 28.3 Å². The van der Waals surface area contributed by atoms with Gasteiger partial charge in [-0.2, -0.15) is 0 Å². The fourth-order valence-corrected chi connectivity index (χ4v) is 2.73. The molecule has 2 heterocycles. The van der Waals surface area contributed by atoms with Crippen LogP contribution in [0, 0.1) is 0 Å². The van der Waals surface area contributed by atoms with E-state index in [9.17, 15) is 0 Å². The van der Waals surface area contributed by atoms with Gasteiger partial charge in [0, 0.05) is 23.1 Å². The molecule has 18 heavy (non-hydrogen) atoms. The van der Waals surface area contributed by atoms with Crippen molar-refractivity contribution in [1.82, 2.24) is 9.88 Å². The lowest BCUT2D eigenvalue weighted by atomic mass is 10.0. The number of rotatable bonds is 2. The van der Waals surface area contributed by atoms with E-state index in [-0.39, 0.29) is 0 Å². The van der Waals surface area contributed by atoms with Crippen molar-refractivity contribution in [3.8, 4) is 5.75 Å². The molecule has 0 radical (unpaired) electrons. The number of aromatic nitrogens is 1. The molecule has 0 amide bonds. The molecule has 3 rings (SSSR count). The molecule has 2 aromatic rings. The van der Waals surface area contributed by atoms with E-state index in [0.717, 1.165) is 25.2 Å². The molecular weight excluding hydrogens is 224 g/mol. The molecule has 1 aromatic carbocycles. The summed E-state index contributed by atoms with van der Waals surface area (Å²) in [5, 5.41) is 1.29. The van der Waals surface area contributed by atoms with E-state index in [1.807, 2.05) is 0 Å². The predicted molar refractivity (Wildman–Crippen MR) is 74.4 cm³/mol. The van der Waals surface area contributed by atoms with Crippen LogP contribution in [0.5, 0.6) is 5.75 Å². The zero-order valence-electron chi connectivity index (χ0n) is 11.3. The van der Waals surface area contributed by atoms with Gasteiger partial charge in [0.05, 0.1) is 0 Å². The minimum absolute atomic E-state index is 0.445. The van der Waals surface area contributed by atoms with Gasteiger partial charge in [-0.15, -0.1) is 0 Å². The van der Waals surface area contributed by atoms with Crippen LogP contribution in [0.4, 0.5) is 0 Å². The van der Waals surface area contributed by atoms with Crippen molar-refractivity contribution in [2.24, 2.45) is 0 Å². The highest BCUT2D eigenvalue weighted by atomic mass is 16.5. The second-order valence-corrected chi connectivity index (χ2v) is 5.28. The van der Waals surface area contributed by atoms with Gasteiger partial charge in [0.15, 0.2) is 0 Å². The van der Waals surface area contributed by atoms with Crippen LogP contribution in [0.15, 0.2) is 18.3 Å². The normalized spacial score (nSPS) is 19.0. The average Bonchev–Trinajstić information content (AvgIpc) is 2.65. The van der Waals surface area contributed by atoms with Gasteiger partial charge in [-0.25, -0.2) is 0 Å². The summed E-state index contributed by atoms with van der Waals surface area (Å²) in [4.78, 5) is 5.61. The third kappa shape index (κ3) is 1.70. The summed E-state index contributed by atoms with van der Waals surface area (Å²) in [5.41, 5.74) is 3.88. The van der Waals surface area contributed by atoms with Crippen molar-refractivity contribution in [1.29, 1.82) is 0 Å². The molecule has 1 aliphatic rings. The van der Waals surface area contributed by atoms with Gasteiger partial charge in [0.1, 0.15) is 12.4 Å². The third-order valence-corrected chi connectivity index (χ3v) is 3.95. The maximum absolute atomic E-state index is 6.11. The highest BCUT2D eigenvalue weighted by molar-refractivity contribution is 5.91. The Morgan fingerprint density at radius 3 is 2.94 bits per heavy atom. The first kappa shape index (κ1) is 11.6. The molecule has 0 saturated carbocycles. The molecule has 0 fully saturated rings.